The minimum atomic E-state index is -0.473. The smallest absolute Gasteiger partial charge is 0.161 e. The molecule has 15 heavy (non-hydrogen) atoms. The van der Waals surface area contributed by atoms with Gasteiger partial charge in [-0.3, -0.25) is 0 Å². The molecule has 0 aliphatic carbocycles. The maximum atomic E-state index is 9.45. The molecule has 82 valence electrons. The van der Waals surface area contributed by atoms with Gasteiger partial charge in [0.1, 0.15) is 0 Å². The van der Waals surface area contributed by atoms with E-state index < -0.39 is 6.10 Å². The Morgan fingerprint density at radius 1 is 1.27 bits per heavy atom. The van der Waals surface area contributed by atoms with Crippen LogP contribution in [0.25, 0.3) is 0 Å². The normalized spacial score (nSPS) is 21.9. The molecular formula is C12H16O3. The number of benzene rings is 1. The van der Waals surface area contributed by atoms with Crippen molar-refractivity contribution in [3.05, 3.63) is 23.8 Å². The van der Waals surface area contributed by atoms with Crippen molar-refractivity contribution in [2.24, 2.45) is 5.92 Å². The summed E-state index contributed by atoms with van der Waals surface area (Å²) in [6, 6.07) is 5.57. The minimum Gasteiger partial charge on any atom is -0.489 e. The first-order valence-electron chi connectivity index (χ1n) is 5.24. The first-order valence-corrected chi connectivity index (χ1v) is 5.24. The number of fused-ring (bicyclic) bond motifs is 1. The molecule has 0 bridgehead atoms. The summed E-state index contributed by atoms with van der Waals surface area (Å²) in [7, 11) is 0. The van der Waals surface area contributed by atoms with Crippen LogP contribution in [0.1, 0.15) is 25.5 Å². The monoisotopic (exact) mass is 208 g/mol. The van der Waals surface area contributed by atoms with Crippen LogP contribution < -0.4 is 9.47 Å². The van der Waals surface area contributed by atoms with Gasteiger partial charge in [-0.05, 0) is 24.6 Å². The van der Waals surface area contributed by atoms with Crippen LogP contribution in [0.2, 0.25) is 0 Å². The molecule has 2 rings (SSSR count). The lowest BCUT2D eigenvalue weighted by Crippen LogP contribution is -2.12. The van der Waals surface area contributed by atoms with Crippen molar-refractivity contribution in [1.82, 2.24) is 0 Å². The van der Waals surface area contributed by atoms with Crippen molar-refractivity contribution in [1.29, 1.82) is 0 Å². The second kappa shape index (κ2) is 4.11. The van der Waals surface area contributed by atoms with E-state index in [0.717, 1.165) is 17.1 Å². The van der Waals surface area contributed by atoms with Crippen LogP contribution in [0.15, 0.2) is 18.2 Å². The van der Waals surface area contributed by atoms with Crippen LogP contribution in [-0.2, 0) is 0 Å². The van der Waals surface area contributed by atoms with E-state index in [1.54, 1.807) is 6.92 Å². The predicted molar refractivity (Wildman–Crippen MR) is 57.2 cm³/mol. The summed E-state index contributed by atoms with van der Waals surface area (Å²) >= 11 is 0. The molecule has 0 saturated heterocycles. The van der Waals surface area contributed by atoms with Crippen LogP contribution in [0.3, 0.4) is 0 Å². The third kappa shape index (κ3) is 2.23. The lowest BCUT2D eigenvalue weighted by atomic mass is 10.1. The molecule has 0 fully saturated rings. The Bertz CT molecular complexity index is 347. The van der Waals surface area contributed by atoms with Crippen molar-refractivity contribution in [3.8, 4) is 11.5 Å². The van der Waals surface area contributed by atoms with Gasteiger partial charge in [0.15, 0.2) is 11.5 Å². The highest BCUT2D eigenvalue weighted by Gasteiger charge is 2.15. The quantitative estimate of drug-likeness (QED) is 0.768. The Balaban J connectivity index is 2.28. The Hall–Kier alpha value is -1.22. The van der Waals surface area contributed by atoms with Gasteiger partial charge in [-0.2, -0.15) is 0 Å². The number of aliphatic hydroxyl groups excluding tert-OH is 1. The molecule has 1 aromatic carbocycles. The van der Waals surface area contributed by atoms with Gasteiger partial charge in [-0.1, -0.05) is 13.0 Å². The zero-order valence-electron chi connectivity index (χ0n) is 9.06. The summed E-state index contributed by atoms with van der Waals surface area (Å²) in [4.78, 5) is 0. The maximum Gasteiger partial charge on any atom is 0.161 e. The van der Waals surface area contributed by atoms with Gasteiger partial charge in [0, 0.05) is 5.92 Å². The van der Waals surface area contributed by atoms with E-state index in [0.29, 0.717) is 19.1 Å². The fourth-order valence-electron chi connectivity index (χ4n) is 1.53. The average molecular weight is 208 g/mol. The molecule has 1 unspecified atom stereocenters. The molecule has 1 N–H and O–H groups in total. The summed E-state index contributed by atoms with van der Waals surface area (Å²) in [6.07, 6.45) is -0.473. The summed E-state index contributed by atoms with van der Waals surface area (Å²) in [5.74, 6) is 1.90. The Morgan fingerprint density at radius 2 is 1.93 bits per heavy atom. The summed E-state index contributed by atoms with van der Waals surface area (Å²) in [5, 5.41) is 9.45. The lowest BCUT2D eigenvalue weighted by Gasteiger charge is -2.10. The molecule has 2 atom stereocenters. The molecule has 1 aromatic rings. The molecule has 0 saturated carbocycles. The third-order valence-electron chi connectivity index (χ3n) is 2.50. The average Bonchev–Trinajstić information content (AvgIpc) is 2.40. The van der Waals surface area contributed by atoms with Crippen LogP contribution in [0.4, 0.5) is 0 Å². The van der Waals surface area contributed by atoms with Gasteiger partial charge < -0.3 is 14.6 Å². The molecule has 0 radical (unpaired) electrons. The molecule has 3 nitrogen and oxygen atoms in total. The summed E-state index contributed by atoms with van der Waals surface area (Å²) in [6.45, 7) is 5.17. The van der Waals surface area contributed by atoms with Gasteiger partial charge in [0.25, 0.3) is 0 Å². The van der Waals surface area contributed by atoms with Gasteiger partial charge in [-0.25, -0.2) is 0 Å². The second-order valence-electron chi connectivity index (χ2n) is 4.11. The highest BCUT2D eigenvalue weighted by atomic mass is 16.5. The van der Waals surface area contributed by atoms with E-state index in [4.69, 9.17) is 9.47 Å². The zero-order chi connectivity index (χ0) is 10.8. The Labute approximate surface area is 89.6 Å². The van der Waals surface area contributed by atoms with E-state index in [9.17, 15) is 5.11 Å². The van der Waals surface area contributed by atoms with E-state index in [1.165, 1.54) is 0 Å². The Morgan fingerprint density at radius 3 is 2.60 bits per heavy atom. The number of hydrogen-bond donors (Lipinski definition) is 1. The van der Waals surface area contributed by atoms with Gasteiger partial charge >= 0.3 is 0 Å². The predicted octanol–water partition coefficient (Wildman–Crippen LogP) is 2.15. The van der Waals surface area contributed by atoms with Crippen molar-refractivity contribution in [2.45, 2.75) is 20.0 Å². The van der Waals surface area contributed by atoms with E-state index in [1.807, 2.05) is 18.2 Å². The molecule has 1 aliphatic heterocycles. The molecular weight excluding hydrogens is 192 g/mol. The molecule has 0 amide bonds. The number of hydrogen-bond acceptors (Lipinski definition) is 3. The van der Waals surface area contributed by atoms with Crippen molar-refractivity contribution < 1.29 is 14.6 Å². The number of rotatable bonds is 1. The summed E-state index contributed by atoms with van der Waals surface area (Å²) in [5.41, 5.74) is 0.854. The first kappa shape index (κ1) is 10.3. The third-order valence-corrected chi connectivity index (χ3v) is 2.50. The number of ether oxygens (including phenoxy) is 2. The van der Waals surface area contributed by atoms with Gasteiger partial charge in [0.05, 0.1) is 19.3 Å². The van der Waals surface area contributed by atoms with Crippen LogP contribution >= 0.6 is 0 Å². The maximum absolute atomic E-state index is 9.45. The largest absolute Gasteiger partial charge is 0.489 e. The number of aliphatic hydroxyl groups is 1. The highest BCUT2D eigenvalue weighted by molar-refractivity contribution is 5.43. The summed E-state index contributed by atoms with van der Waals surface area (Å²) < 4.78 is 11.2. The van der Waals surface area contributed by atoms with Crippen LogP contribution in [0, 0.1) is 5.92 Å². The zero-order valence-corrected chi connectivity index (χ0v) is 9.06. The van der Waals surface area contributed by atoms with Crippen LogP contribution in [-0.4, -0.2) is 18.3 Å². The standard InChI is InChI=1S/C12H16O3/c1-8-6-14-11-4-3-10(9(2)13)5-12(11)15-7-8/h3-5,8-9,13H,6-7H2,1-2H3/t8?,9-/m1/s1. The Kier molecular flexibility index (Phi) is 2.82. The molecule has 3 heteroatoms. The molecule has 0 aromatic heterocycles. The van der Waals surface area contributed by atoms with E-state index in [2.05, 4.69) is 6.92 Å². The molecule has 0 spiro atoms. The first-order chi connectivity index (χ1) is 7.16. The SMILES string of the molecule is CC1COc2ccc([C@@H](C)O)cc2OC1. The fraction of sp³-hybridized carbons (Fsp3) is 0.500. The van der Waals surface area contributed by atoms with E-state index >= 15 is 0 Å². The fourth-order valence-corrected chi connectivity index (χ4v) is 1.53. The highest BCUT2D eigenvalue weighted by Crippen LogP contribution is 2.32. The van der Waals surface area contributed by atoms with Crippen molar-refractivity contribution >= 4 is 0 Å². The minimum absolute atomic E-state index is 0.396. The topological polar surface area (TPSA) is 38.7 Å². The lowest BCUT2D eigenvalue weighted by molar-refractivity contribution is 0.198. The second-order valence-corrected chi connectivity index (χ2v) is 4.11. The molecule has 1 heterocycles. The van der Waals surface area contributed by atoms with Crippen molar-refractivity contribution in [3.63, 3.8) is 0 Å². The van der Waals surface area contributed by atoms with Crippen molar-refractivity contribution in [2.75, 3.05) is 13.2 Å². The van der Waals surface area contributed by atoms with Crippen LogP contribution in [0.5, 0.6) is 11.5 Å². The van der Waals surface area contributed by atoms with Gasteiger partial charge in [-0.15, -0.1) is 0 Å². The van der Waals surface area contributed by atoms with Gasteiger partial charge in [0.2, 0.25) is 0 Å². The van der Waals surface area contributed by atoms with E-state index in [-0.39, 0.29) is 0 Å². The molecule has 1 aliphatic rings.